The number of anilines is 1. The first-order valence-corrected chi connectivity index (χ1v) is 6.82. The lowest BCUT2D eigenvalue weighted by molar-refractivity contribution is 0.244. The Morgan fingerprint density at radius 2 is 1.79 bits per heavy atom. The number of nitrogens with zero attached hydrogens (tertiary/aromatic N) is 1. The lowest BCUT2D eigenvalue weighted by Crippen LogP contribution is -2.44. The molecule has 1 N–H and O–H groups in total. The fourth-order valence-corrected chi connectivity index (χ4v) is 2.72. The Bertz CT molecular complexity index is 548. The molecule has 0 saturated carbocycles. The van der Waals surface area contributed by atoms with Gasteiger partial charge in [0, 0.05) is 35.5 Å². The van der Waals surface area contributed by atoms with Crippen LogP contribution in [0.5, 0.6) is 0 Å². The number of para-hydroxylation sites is 1. The molecule has 2 rings (SSSR count). The van der Waals surface area contributed by atoms with Gasteiger partial charge in [-0.05, 0) is 24.1 Å². The molecule has 0 saturated heterocycles. The summed E-state index contributed by atoms with van der Waals surface area (Å²) in [4.78, 5) is 4.08. The summed E-state index contributed by atoms with van der Waals surface area (Å²) in [7, 11) is 1.80. The fraction of sp³-hybridized carbons (Fsp3) is 0.471. The van der Waals surface area contributed by atoms with Gasteiger partial charge in [-0.1, -0.05) is 45.9 Å². The molecule has 0 unspecified atom stereocenters. The summed E-state index contributed by atoms with van der Waals surface area (Å²) in [5.41, 5.74) is 5.28. The van der Waals surface area contributed by atoms with Crippen molar-refractivity contribution in [3.8, 4) is 0 Å². The highest BCUT2D eigenvalue weighted by molar-refractivity contribution is 5.76. The summed E-state index contributed by atoms with van der Waals surface area (Å²) in [6.45, 7) is 11.4. The lowest BCUT2D eigenvalue weighted by Gasteiger charge is -2.49. The van der Waals surface area contributed by atoms with E-state index in [0.29, 0.717) is 0 Å². The average Bonchev–Trinajstić information content (AvgIpc) is 2.34. The third-order valence-corrected chi connectivity index (χ3v) is 4.83. The molecule has 2 nitrogen and oxygen atoms in total. The van der Waals surface area contributed by atoms with Crippen LogP contribution in [0.1, 0.15) is 38.8 Å². The van der Waals surface area contributed by atoms with Crippen LogP contribution in [0, 0.1) is 12.3 Å². The highest BCUT2D eigenvalue weighted by Gasteiger charge is 2.45. The van der Waals surface area contributed by atoms with Gasteiger partial charge in [0.05, 0.1) is 0 Å². The first-order valence-electron chi connectivity index (χ1n) is 6.82. The van der Waals surface area contributed by atoms with Crippen molar-refractivity contribution < 1.29 is 0 Å². The molecule has 0 spiro atoms. The number of hydrogen-bond acceptors (Lipinski definition) is 2. The molecule has 0 bridgehead atoms. The lowest BCUT2D eigenvalue weighted by atomic mass is 9.60. The van der Waals surface area contributed by atoms with Crippen molar-refractivity contribution in [1.29, 1.82) is 0 Å². The summed E-state index contributed by atoms with van der Waals surface area (Å²) in [5.74, 6) is 0. The average molecular weight is 256 g/mol. The molecule has 0 atom stereocenters. The minimum atomic E-state index is 0.0367. The molecule has 1 aliphatic heterocycles. The van der Waals surface area contributed by atoms with Crippen molar-refractivity contribution in [3.05, 3.63) is 41.1 Å². The van der Waals surface area contributed by atoms with Gasteiger partial charge in [0.15, 0.2) is 0 Å². The van der Waals surface area contributed by atoms with Crippen molar-refractivity contribution in [2.45, 2.75) is 40.0 Å². The van der Waals surface area contributed by atoms with E-state index >= 15 is 0 Å². The Kier molecular flexibility index (Phi) is 3.29. The second-order valence-electron chi connectivity index (χ2n) is 6.36. The largest absolute Gasteiger partial charge is 0.358 e. The van der Waals surface area contributed by atoms with Gasteiger partial charge in [-0.25, -0.2) is 0 Å². The number of aryl methyl sites for hydroxylation is 1. The number of aliphatic imine (C=N–C) groups is 1. The van der Waals surface area contributed by atoms with E-state index in [1.165, 1.54) is 22.5 Å². The standard InChI is InChI=1S/C17H24N2/c1-12-8-7-9-13-15(12)19-14(10-11-18-6)17(4,5)16(13,2)3/h7-11,19H,1-6H3/b14-10-,18-11+. The predicted octanol–water partition coefficient (Wildman–Crippen LogP) is 4.31. The van der Waals surface area contributed by atoms with Gasteiger partial charge in [-0.15, -0.1) is 0 Å². The van der Waals surface area contributed by atoms with E-state index in [0.717, 1.165) is 0 Å². The quantitative estimate of drug-likeness (QED) is 0.744. The van der Waals surface area contributed by atoms with Gasteiger partial charge >= 0.3 is 0 Å². The van der Waals surface area contributed by atoms with Crippen molar-refractivity contribution in [2.75, 3.05) is 12.4 Å². The number of fused-ring (bicyclic) bond motifs is 1. The molecule has 0 amide bonds. The SMILES string of the molecule is C/N=C/C=C1\Nc2c(C)cccc2C(C)(C)C1(C)C. The number of benzene rings is 1. The summed E-state index contributed by atoms with van der Waals surface area (Å²) in [6.07, 6.45) is 3.96. The Morgan fingerprint density at radius 3 is 2.42 bits per heavy atom. The van der Waals surface area contributed by atoms with Gasteiger partial charge < -0.3 is 5.32 Å². The van der Waals surface area contributed by atoms with Crippen molar-refractivity contribution >= 4 is 11.9 Å². The van der Waals surface area contributed by atoms with Crippen LogP contribution in [0.2, 0.25) is 0 Å². The molecule has 0 aromatic heterocycles. The Labute approximate surface area is 116 Å². The maximum atomic E-state index is 4.08. The Morgan fingerprint density at radius 1 is 1.11 bits per heavy atom. The normalized spacial score (nSPS) is 22.3. The van der Waals surface area contributed by atoms with E-state index in [4.69, 9.17) is 0 Å². The molecule has 19 heavy (non-hydrogen) atoms. The van der Waals surface area contributed by atoms with E-state index in [2.05, 4.69) is 69.2 Å². The third kappa shape index (κ3) is 1.99. The fourth-order valence-electron chi connectivity index (χ4n) is 2.72. The summed E-state index contributed by atoms with van der Waals surface area (Å²) < 4.78 is 0. The van der Waals surface area contributed by atoms with Gasteiger partial charge in [-0.2, -0.15) is 0 Å². The van der Waals surface area contributed by atoms with Gasteiger partial charge in [0.2, 0.25) is 0 Å². The van der Waals surface area contributed by atoms with E-state index < -0.39 is 0 Å². The van der Waals surface area contributed by atoms with Crippen molar-refractivity contribution in [1.82, 2.24) is 0 Å². The zero-order chi connectivity index (χ0) is 14.3. The zero-order valence-corrected chi connectivity index (χ0v) is 12.8. The van der Waals surface area contributed by atoms with Crippen LogP contribution < -0.4 is 5.32 Å². The second-order valence-corrected chi connectivity index (χ2v) is 6.36. The van der Waals surface area contributed by atoms with Gasteiger partial charge in [0.1, 0.15) is 0 Å². The van der Waals surface area contributed by atoms with Crippen LogP contribution in [0.25, 0.3) is 0 Å². The van der Waals surface area contributed by atoms with Crippen LogP contribution in [0.15, 0.2) is 35.0 Å². The molecule has 2 heteroatoms. The summed E-state index contributed by atoms with van der Waals surface area (Å²) >= 11 is 0. The zero-order valence-electron chi connectivity index (χ0n) is 12.8. The van der Waals surface area contributed by atoms with E-state index in [-0.39, 0.29) is 10.8 Å². The van der Waals surface area contributed by atoms with Crippen molar-refractivity contribution in [2.24, 2.45) is 10.4 Å². The first kappa shape index (κ1) is 13.9. The maximum Gasteiger partial charge on any atom is 0.0450 e. The molecule has 1 aliphatic rings. The van der Waals surface area contributed by atoms with Crippen molar-refractivity contribution in [3.63, 3.8) is 0 Å². The summed E-state index contributed by atoms with van der Waals surface area (Å²) in [6, 6.07) is 6.55. The molecule has 1 aromatic carbocycles. The van der Waals surface area contributed by atoms with E-state index in [1.54, 1.807) is 7.05 Å². The first-order chi connectivity index (χ1) is 8.82. The molecule has 102 valence electrons. The molecular weight excluding hydrogens is 232 g/mol. The number of nitrogens with one attached hydrogen (secondary N) is 1. The third-order valence-electron chi connectivity index (χ3n) is 4.83. The number of hydrogen-bond donors (Lipinski definition) is 1. The monoisotopic (exact) mass is 256 g/mol. The smallest absolute Gasteiger partial charge is 0.0450 e. The summed E-state index contributed by atoms with van der Waals surface area (Å²) in [5, 5.41) is 3.62. The molecule has 0 radical (unpaired) electrons. The Hall–Kier alpha value is -1.57. The van der Waals surface area contributed by atoms with Crippen LogP contribution in [0.3, 0.4) is 0 Å². The molecule has 0 aliphatic carbocycles. The van der Waals surface area contributed by atoms with Gasteiger partial charge in [0.25, 0.3) is 0 Å². The Balaban J connectivity index is 2.67. The van der Waals surface area contributed by atoms with Crippen LogP contribution in [0.4, 0.5) is 5.69 Å². The maximum absolute atomic E-state index is 4.08. The molecule has 1 aromatic rings. The number of allylic oxidation sites excluding steroid dienone is 2. The van der Waals surface area contributed by atoms with E-state index in [1.807, 2.05) is 6.21 Å². The predicted molar refractivity (Wildman–Crippen MR) is 84.1 cm³/mol. The van der Waals surface area contributed by atoms with Crippen LogP contribution in [-0.2, 0) is 5.41 Å². The molecule has 1 heterocycles. The molecular formula is C17H24N2. The second kappa shape index (κ2) is 4.52. The highest BCUT2D eigenvalue weighted by atomic mass is 14.9. The number of rotatable bonds is 1. The minimum absolute atomic E-state index is 0.0367. The van der Waals surface area contributed by atoms with Gasteiger partial charge in [-0.3, -0.25) is 4.99 Å². The topological polar surface area (TPSA) is 24.4 Å². The minimum Gasteiger partial charge on any atom is -0.358 e. The molecule has 0 fully saturated rings. The van der Waals surface area contributed by atoms with Crippen LogP contribution >= 0.6 is 0 Å². The van der Waals surface area contributed by atoms with Crippen LogP contribution in [-0.4, -0.2) is 13.3 Å². The highest BCUT2D eigenvalue weighted by Crippen LogP contribution is 2.52. The van der Waals surface area contributed by atoms with E-state index in [9.17, 15) is 0 Å².